The van der Waals surface area contributed by atoms with E-state index in [0.717, 1.165) is 27.6 Å². The molecule has 4 aromatic rings. The van der Waals surface area contributed by atoms with Crippen LogP contribution in [0.5, 0.6) is 0 Å². The molecule has 1 heterocycles. The van der Waals surface area contributed by atoms with E-state index in [1.165, 1.54) is 0 Å². The predicted molar refractivity (Wildman–Crippen MR) is 113 cm³/mol. The molecule has 0 aliphatic heterocycles. The van der Waals surface area contributed by atoms with Crippen LogP contribution in [0, 0.1) is 6.92 Å². The second kappa shape index (κ2) is 7.62. The lowest BCUT2D eigenvalue weighted by Gasteiger charge is -2.18. The van der Waals surface area contributed by atoms with Gasteiger partial charge in [0.15, 0.2) is 0 Å². The first-order valence-electron chi connectivity index (χ1n) is 9.22. The van der Waals surface area contributed by atoms with Crippen LogP contribution in [-0.2, 0) is 10.0 Å². The fourth-order valence-corrected chi connectivity index (χ4v) is 4.52. The summed E-state index contributed by atoms with van der Waals surface area (Å²) in [5, 5.41) is 1.10. The lowest BCUT2D eigenvalue weighted by atomic mass is 9.91. The van der Waals surface area contributed by atoms with E-state index in [0.29, 0.717) is 0 Å². The van der Waals surface area contributed by atoms with Gasteiger partial charge in [0.1, 0.15) is 0 Å². The fraction of sp³-hybridized carbons (Fsp3) is 0.130. The Morgan fingerprint density at radius 3 is 2.32 bits per heavy atom. The highest BCUT2D eigenvalue weighted by Crippen LogP contribution is 2.30. The monoisotopic (exact) mass is 390 g/mol. The number of fused-ring (bicyclic) bond motifs is 1. The zero-order chi connectivity index (χ0) is 19.6. The van der Waals surface area contributed by atoms with Crippen LogP contribution in [-0.4, -0.2) is 19.9 Å². The van der Waals surface area contributed by atoms with Gasteiger partial charge in [-0.05, 0) is 36.2 Å². The molecule has 142 valence electrons. The molecule has 5 heteroatoms. The summed E-state index contributed by atoms with van der Waals surface area (Å²) < 4.78 is 28.4. The molecule has 0 spiro atoms. The van der Waals surface area contributed by atoms with Crippen LogP contribution >= 0.6 is 0 Å². The fourth-order valence-electron chi connectivity index (χ4n) is 3.47. The first-order chi connectivity index (χ1) is 13.5. The average Bonchev–Trinajstić information content (AvgIpc) is 3.13. The van der Waals surface area contributed by atoms with Crippen molar-refractivity contribution >= 4 is 20.9 Å². The largest absolute Gasteiger partial charge is 0.361 e. The maximum absolute atomic E-state index is 12.8. The number of para-hydroxylation sites is 1. The number of H-pyrrole nitrogens is 1. The molecule has 0 saturated heterocycles. The molecule has 1 atom stereocenters. The van der Waals surface area contributed by atoms with Crippen LogP contribution in [0.3, 0.4) is 0 Å². The number of rotatable bonds is 6. The molecular weight excluding hydrogens is 368 g/mol. The molecule has 4 rings (SSSR count). The van der Waals surface area contributed by atoms with E-state index >= 15 is 0 Å². The number of aryl methyl sites for hydroxylation is 1. The molecule has 4 nitrogen and oxygen atoms in total. The summed E-state index contributed by atoms with van der Waals surface area (Å²) in [4.78, 5) is 3.58. The van der Waals surface area contributed by atoms with Gasteiger partial charge in [0.2, 0.25) is 10.0 Å². The minimum absolute atomic E-state index is 0.0995. The van der Waals surface area contributed by atoms with E-state index in [2.05, 4.69) is 15.8 Å². The van der Waals surface area contributed by atoms with Gasteiger partial charge in [-0.15, -0.1) is 0 Å². The minimum Gasteiger partial charge on any atom is -0.361 e. The summed E-state index contributed by atoms with van der Waals surface area (Å²) in [6.45, 7) is 2.22. The molecule has 0 fully saturated rings. The van der Waals surface area contributed by atoms with E-state index in [1.54, 1.807) is 12.1 Å². The molecule has 0 aliphatic rings. The van der Waals surface area contributed by atoms with E-state index < -0.39 is 10.0 Å². The SMILES string of the molecule is Cc1ccc(S(=O)(=O)NC[C@H](c2ccccc2)c2c[nH]c3ccccc23)cc1. The van der Waals surface area contributed by atoms with Gasteiger partial charge < -0.3 is 4.98 Å². The number of hydrogen-bond acceptors (Lipinski definition) is 2. The molecule has 0 amide bonds. The van der Waals surface area contributed by atoms with Crippen molar-refractivity contribution < 1.29 is 8.42 Å². The third-order valence-electron chi connectivity index (χ3n) is 5.01. The van der Waals surface area contributed by atoms with Gasteiger partial charge in [-0.25, -0.2) is 13.1 Å². The number of aromatic nitrogens is 1. The number of hydrogen-bond donors (Lipinski definition) is 2. The topological polar surface area (TPSA) is 62.0 Å². The summed E-state index contributed by atoms with van der Waals surface area (Å²) in [5.41, 5.74) is 4.21. The average molecular weight is 391 g/mol. The number of aromatic amines is 1. The van der Waals surface area contributed by atoms with Crippen molar-refractivity contribution in [3.05, 3.63) is 102 Å². The number of benzene rings is 3. The Morgan fingerprint density at radius 2 is 1.57 bits per heavy atom. The molecule has 0 radical (unpaired) electrons. The zero-order valence-corrected chi connectivity index (χ0v) is 16.4. The van der Waals surface area contributed by atoms with Gasteiger partial charge >= 0.3 is 0 Å². The first-order valence-corrected chi connectivity index (χ1v) is 10.7. The van der Waals surface area contributed by atoms with Gasteiger partial charge in [0.25, 0.3) is 0 Å². The Hall–Kier alpha value is -2.89. The van der Waals surface area contributed by atoms with Gasteiger partial charge in [0, 0.05) is 29.6 Å². The maximum atomic E-state index is 12.8. The van der Waals surface area contributed by atoms with Crippen molar-refractivity contribution in [2.45, 2.75) is 17.7 Å². The molecule has 0 saturated carbocycles. The van der Waals surface area contributed by atoms with Crippen LogP contribution in [0.2, 0.25) is 0 Å². The van der Waals surface area contributed by atoms with Gasteiger partial charge in [0.05, 0.1) is 4.90 Å². The normalized spacial score (nSPS) is 12.9. The Morgan fingerprint density at radius 1 is 0.893 bits per heavy atom. The summed E-state index contributed by atoms with van der Waals surface area (Å²) in [5.74, 6) is -0.0995. The highest BCUT2D eigenvalue weighted by atomic mass is 32.2. The molecule has 3 aromatic carbocycles. The van der Waals surface area contributed by atoms with Gasteiger partial charge in [-0.1, -0.05) is 66.2 Å². The summed E-state index contributed by atoms with van der Waals surface area (Å²) in [7, 11) is -3.58. The second-order valence-corrected chi connectivity index (χ2v) is 8.68. The lowest BCUT2D eigenvalue weighted by molar-refractivity contribution is 0.577. The summed E-state index contributed by atoms with van der Waals surface area (Å²) in [6.07, 6.45) is 1.97. The van der Waals surface area contributed by atoms with Crippen molar-refractivity contribution in [3.63, 3.8) is 0 Å². The molecule has 28 heavy (non-hydrogen) atoms. The minimum atomic E-state index is -3.58. The molecule has 0 bridgehead atoms. The molecule has 0 unspecified atom stereocenters. The van der Waals surface area contributed by atoms with Crippen LogP contribution in [0.15, 0.2) is 90.0 Å². The van der Waals surface area contributed by atoms with Crippen LogP contribution in [0.1, 0.15) is 22.6 Å². The summed E-state index contributed by atoms with van der Waals surface area (Å²) in [6, 6.07) is 25.0. The van der Waals surface area contributed by atoms with Gasteiger partial charge in [-0.2, -0.15) is 0 Å². The van der Waals surface area contributed by atoms with E-state index in [9.17, 15) is 8.42 Å². The molecule has 1 aromatic heterocycles. The van der Waals surface area contributed by atoms with Crippen molar-refractivity contribution in [2.75, 3.05) is 6.54 Å². The molecular formula is C23H22N2O2S. The van der Waals surface area contributed by atoms with E-state index in [-0.39, 0.29) is 17.4 Å². The number of nitrogens with one attached hydrogen (secondary N) is 2. The molecule has 0 aliphatic carbocycles. The zero-order valence-electron chi connectivity index (χ0n) is 15.6. The maximum Gasteiger partial charge on any atom is 0.240 e. The van der Waals surface area contributed by atoms with Crippen molar-refractivity contribution in [3.8, 4) is 0 Å². The summed E-state index contributed by atoms with van der Waals surface area (Å²) >= 11 is 0. The highest BCUT2D eigenvalue weighted by molar-refractivity contribution is 7.89. The van der Waals surface area contributed by atoms with Crippen LogP contribution in [0.4, 0.5) is 0 Å². The first kappa shape index (κ1) is 18.5. The quantitative estimate of drug-likeness (QED) is 0.506. The Bertz CT molecular complexity index is 1180. The Kier molecular flexibility index (Phi) is 5.03. The third-order valence-corrected chi connectivity index (χ3v) is 6.45. The highest BCUT2D eigenvalue weighted by Gasteiger charge is 2.21. The number of sulfonamides is 1. The van der Waals surface area contributed by atoms with E-state index in [4.69, 9.17) is 0 Å². The van der Waals surface area contributed by atoms with E-state index in [1.807, 2.05) is 73.8 Å². The van der Waals surface area contributed by atoms with Crippen molar-refractivity contribution in [1.82, 2.24) is 9.71 Å². The van der Waals surface area contributed by atoms with Crippen molar-refractivity contribution in [1.29, 1.82) is 0 Å². The van der Waals surface area contributed by atoms with Crippen LogP contribution < -0.4 is 4.72 Å². The smallest absolute Gasteiger partial charge is 0.240 e. The van der Waals surface area contributed by atoms with Crippen LogP contribution in [0.25, 0.3) is 10.9 Å². The second-order valence-electron chi connectivity index (χ2n) is 6.92. The molecule has 2 N–H and O–H groups in total. The Balaban J connectivity index is 1.68. The lowest BCUT2D eigenvalue weighted by Crippen LogP contribution is -2.29. The van der Waals surface area contributed by atoms with Crippen molar-refractivity contribution in [2.24, 2.45) is 0 Å². The standard InChI is InChI=1S/C23H22N2O2S/c1-17-11-13-19(14-12-17)28(26,27)25-16-21(18-7-3-2-4-8-18)22-15-24-23-10-6-5-9-20(22)23/h2-15,21,24-25H,16H2,1H3/t21-/m1/s1. The predicted octanol–water partition coefficient (Wildman–Crippen LogP) is 4.59. The third kappa shape index (κ3) is 3.72. The Labute approximate surface area is 165 Å². The van der Waals surface area contributed by atoms with Gasteiger partial charge in [-0.3, -0.25) is 0 Å².